The van der Waals surface area contributed by atoms with Crippen LogP contribution in [0, 0.1) is 5.92 Å². The molecule has 1 aromatic carbocycles. The van der Waals surface area contributed by atoms with Crippen molar-refractivity contribution in [1.82, 2.24) is 4.72 Å². The van der Waals surface area contributed by atoms with E-state index in [2.05, 4.69) is 11.6 Å². The number of nitrogens with zero attached hydrogens (tertiary/aromatic N) is 1. The van der Waals surface area contributed by atoms with E-state index in [0.29, 0.717) is 30.2 Å². The zero-order chi connectivity index (χ0) is 16.9. The van der Waals surface area contributed by atoms with E-state index in [9.17, 15) is 13.2 Å². The number of carbonyl (C=O) groups is 1. The van der Waals surface area contributed by atoms with Crippen molar-refractivity contribution in [3.05, 3.63) is 23.3 Å². The first-order valence-corrected chi connectivity index (χ1v) is 10.4. The van der Waals surface area contributed by atoms with Crippen molar-refractivity contribution in [1.29, 1.82) is 0 Å². The van der Waals surface area contributed by atoms with Crippen LogP contribution in [0.1, 0.15) is 50.2 Å². The van der Waals surface area contributed by atoms with E-state index in [0.717, 1.165) is 42.5 Å². The fraction of sp³-hybridized carbons (Fsp3) is 0.611. The van der Waals surface area contributed by atoms with Crippen LogP contribution in [0.15, 0.2) is 17.0 Å². The molecule has 1 aliphatic carbocycles. The van der Waals surface area contributed by atoms with Gasteiger partial charge in [-0.05, 0) is 54.9 Å². The molecule has 1 N–H and O–H groups in total. The van der Waals surface area contributed by atoms with Gasteiger partial charge >= 0.3 is 0 Å². The third-order valence-electron chi connectivity index (χ3n) is 5.75. The van der Waals surface area contributed by atoms with Gasteiger partial charge in [0.1, 0.15) is 0 Å². The van der Waals surface area contributed by atoms with Crippen molar-refractivity contribution in [2.45, 2.75) is 62.8 Å². The lowest BCUT2D eigenvalue weighted by Gasteiger charge is -2.30. The van der Waals surface area contributed by atoms with Crippen LogP contribution in [-0.4, -0.2) is 26.9 Å². The lowest BCUT2D eigenvalue weighted by Crippen LogP contribution is -2.41. The fourth-order valence-corrected chi connectivity index (χ4v) is 5.82. The quantitative estimate of drug-likeness (QED) is 0.912. The number of nitrogens with one attached hydrogen (secondary N) is 1. The van der Waals surface area contributed by atoms with Gasteiger partial charge in [0.15, 0.2) is 0 Å². The summed E-state index contributed by atoms with van der Waals surface area (Å²) in [5.41, 5.74) is 2.97. The van der Waals surface area contributed by atoms with Crippen LogP contribution in [0.2, 0.25) is 0 Å². The molecular weight excluding hydrogens is 324 g/mol. The van der Waals surface area contributed by atoms with Crippen LogP contribution >= 0.6 is 0 Å². The Kier molecular flexibility index (Phi) is 3.92. The highest BCUT2D eigenvalue weighted by Gasteiger charge is 2.34. The first kappa shape index (κ1) is 16.1. The third-order valence-corrected chi connectivity index (χ3v) is 7.22. The average Bonchev–Trinajstić information content (AvgIpc) is 2.98. The van der Waals surface area contributed by atoms with E-state index >= 15 is 0 Å². The third kappa shape index (κ3) is 2.65. The normalized spacial score (nSPS) is 26.5. The second kappa shape index (κ2) is 5.85. The largest absolute Gasteiger partial charge is 0.312 e. The minimum Gasteiger partial charge on any atom is -0.312 e. The number of hydrogen-bond donors (Lipinski definition) is 1. The number of rotatable bonds is 3. The van der Waals surface area contributed by atoms with Crippen molar-refractivity contribution in [3.63, 3.8) is 0 Å². The van der Waals surface area contributed by atoms with Crippen molar-refractivity contribution in [2.24, 2.45) is 5.92 Å². The van der Waals surface area contributed by atoms with E-state index in [1.165, 1.54) is 6.42 Å². The second-order valence-electron chi connectivity index (χ2n) is 7.38. The molecule has 2 atom stereocenters. The Bertz CT molecular complexity index is 788. The van der Waals surface area contributed by atoms with Crippen LogP contribution < -0.4 is 9.62 Å². The Morgan fingerprint density at radius 2 is 1.79 bits per heavy atom. The van der Waals surface area contributed by atoms with Crippen LogP contribution in [-0.2, 0) is 27.7 Å². The Balaban J connectivity index is 1.66. The second-order valence-corrected chi connectivity index (χ2v) is 9.09. The first-order valence-electron chi connectivity index (χ1n) is 8.94. The number of sulfonamides is 1. The Morgan fingerprint density at radius 3 is 2.54 bits per heavy atom. The maximum absolute atomic E-state index is 12.9. The molecule has 1 fully saturated rings. The molecule has 4 rings (SSSR count). The molecule has 1 saturated carbocycles. The molecule has 0 saturated heterocycles. The number of aryl methyl sites for hydroxylation is 1. The van der Waals surface area contributed by atoms with E-state index in [1.807, 2.05) is 4.90 Å². The fourth-order valence-electron chi connectivity index (χ4n) is 4.34. The molecule has 2 heterocycles. The summed E-state index contributed by atoms with van der Waals surface area (Å²) in [6.45, 7) is 2.81. The Hall–Kier alpha value is -1.40. The zero-order valence-electron chi connectivity index (χ0n) is 14.0. The lowest BCUT2D eigenvalue weighted by atomic mass is 9.87. The molecule has 0 unspecified atom stereocenters. The average molecular weight is 348 g/mol. The minimum atomic E-state index is -3.51. The molecule has 130 valence electrons. The number of amides is 1. The van der Waals surface area contributed by atoms with Gasteiger partial charge in [-0.15, -0.1) is 0 Å². The van der Waals surface area contributed by atoms with Crippen LogP contribution in [0.3, 0.4) is 0 Å². The Morgan fingerprint density at radius 1 is 1.08 bits per heavy atom. The maximum Gasteiger partial charge on any atom is 0.240 e. The highest BCUT2D eigenvalue weighted by Crippen LogP contribution is 2.38. The molecule has 24 heavy (non-hydrogen) atoms. The predicted molar refractivity (Wildman–Crippen MR) is 92.6 cm³/mol. The molecule has 2 aliphatic heterocycles. The number of hydrogen-bond acceptors (Lipinski definition) is 3. The van der Waals surface area contributed by atoms with Gasteiger partial charge in [-0.2, -0.15) is 0 Å². The van der Waals surface area contributed by atoms with Crippen LogP contribution in [0.4, 0.5) is 5.69 Å². The summed E-state index contributed by atoms with van der Waals surface area (Å²) in [5, 5.41) is 0. The first-order chi connectivity index (χ1) is 11.5. The van der Waals surface area contributed by atoms with Gasteiger partial charge in [-0.3, -0.25) is 4.79 Å². The highest BCUT2D eigenvalue weighted by atomic mass is 32.2. The number of anilines is 1. The minimum absolute atomic E-state index is 0.0337. The van der Waals surface area contributed by atoms with Gasteiger partial charge in [-0.25, -0.2) is 13.1 Å². The summed E-state index contributed by atoms with van der Waals surface area (Å²) in [4.78, 5) is 14.2. The van der Waals surface area contributed by atoms with Crippen molar-refractivity contribution >= 4 is 21.6 Å². The van der Waals surface area contributed by atoms with E-state index in [-0.39, 0.29) is 11.9 Å². The highest BCUT2D eigenvalue weighted by molar-refractivity contribution is 7.89. The standard InChI is InChI=1S/C18H24N2O3S/c1-12-4-2-3-5-16(12)19-24(22,23)15-10-13-6-7-17(21)20-9-8-14(11-15)18(13)20/h10-12,16,19H,2-9H2,1H3/t12-,16+/m1/s1. The van der Waals surface area contributed by atoms with Gasteiger partial charge < -0.3 is 4.90 Å². The molecular formula is C18H24N2O3S. The van der Waals surface area contributed by atoms with E-state index in [1.54, 1.807) is 12.1 Å². The molecule has 1 aromatic rings. The molecule has 0 radical (unpaired) electrons. The monoisotopic (exact) mass is 348 g/mol. The summed E-state index contributed by atoms with van der Waals surface area (Å²) >= 11 is 0. The van der Waals surface area contributed by atoms with Crippen molar-refractivity contribution in [2.75, 3.05) is 11.4 Å². The van der Waals surface area contributed by atoms with Crippen LogP contribution in [0.5, 0.6) is 0 Å². The van der Waals surface area contributed by atoms with Gasteiger partial charge in [0.05, 0.1) is 10.6 Å². The van der Waals surface area contributed by atoms with Crippen molar-refractivity contribution < 1.29 is 13.2 Å². The maximum atomic E-state index is 12.9. The summed E-state index contributed by atoms with van der Waals surface area (Å²) in [6.07, 6.45) is 6.14. The number of carbonyl (C=O) groups excluding carboxylic acids is 1. The molecule has 3 aliphatic rings. The van der Waals surface area contributed by atoms with Gasteiger partial charge in [-0.1, -0.05) is 19.8 Å². The SMILES string of the molecule is C[C@@H]1CCCC[C@@H]1NS(=O)(=O)c1cc2c3c(c1)CCN3C(=O)CC2. The van der Waals surface area contributed by atoms with E-state index in [4.69, 9.17) is 0 Å². The van der Waals surface area contributed by atoms with Crippen LogP contribution in [0.25, 0.3) is 0 Å². The summed E-state index contributed by atoms with van der Waals surface area (Å²) in [7, 11) is -3.51. The summed E-state index contributed by atoms with van der Waals surface area (Å²) < 4.78 is 28.7. The molecule has 0 aromatic heterocycles. The molecule has 1 amide bonds. The number of benzene rings is 1. The summed E-state index contributed by atoms with van der Waals surface area (Å²) in [6, 6.07) is 3.58. The lowest BCUT2D eigenvalue weighted by molar-refractivity contribution is -0.118. The summed E-state index contributed by atoms with van der Waals surface area (Å²) in [5.74, 6) is 0.542. The molecule has 0 spiro atoms. The smallest absolute Gasteiger partial charge is 0.240 e. The van der Waals surface area contributed by atoms with E-state index < -0.39 is 10.0 Å². The van der Waals surface area contributed by atoms with Crippen molar-refractivity contribution in [3.8, 4) is 0 Å². The molecule has 5 nitrogen and oxygen atoms in total. The van der Waals surface area contributed by atoms with Gasteiger partial charge in [0.2, 0.25) is 15.9 Å². The zero-order valence-corrected chi connectivity index (χ0v) is 14.9. The molecule has 6 heteroatoms. The van der Waals surface area contributed by atoms with Gasteiger partial charge in [0, 0.05) is 19.0 Å². The Labute approximate surface area is 143 Å². The molecule has 0 bridgehead atoms. The van der Waals surface area contributed by atoms with Gasteiger partial charge in [0.25, 0.3) is 0 Å². The topological polar surface area (TPSA) is 66.5 Å². The predicted octanol–water partition coefficient (Wildman–Crippen LogP) is 2.38.